The lowest BCUT2D eigenvalue weighted by Gasteiger charge is -2.24. The second kappa shape index (κ2) is 5.30. The fourth-order valence-corrected chi connectivity index (χ4v) is 1.78. The summed E-state index contributed by atoms with van der Waals surface area (Å²) in [6.45, 7) is 2.93. The molecule has 0 radical (unpaired) electrons. The highest BCUT2D eigenvalue weighted by molar-refractivity contribution is 5.85. The van der Waals surface area contributed by atoms with Gasteiger partial charge in [-0.05, 0) is 38.9 Å². The van der Waals surface area contributed by atoms with Crippen LogP contribution < -0.4 is 5.32 Å². The SMILES string of the molecule is CC(CNc1ccc(C(=O)O)nn1)N(C)C1CC1. The summed E-state index contributed by atoms with van der Waals surface area (Å²) < 4.78 is 0. The first-order valence-corrected chi connectivity index (χ1v) is 6.10. The summed E-state index contributed by atoms with van der Waals surface area (Å²) in [6.07, 6.45) is 2.57. The van der Waals surface area contributed by atoms with Crippen LogP contribution in [0, 0.1) is 0 Å². The summed E-state index contributed by atoms with van der Waals surface area (Å²) in [5.74, 6) is -0.452. The molecule has 2 rings (SSSR count). The van der Waals surface area contributed by atoms with Crippen LogP contribution in [0.2, 0.25) is 0 Å². The van der Waals surface area contributed by atoms with Crippen molar-refractivity contribution in [3.05, 3.63) is 17.8 Å². The van der Waals surface area contributed by atoms with Gasteiger partial charge >= 0.3 is 5.97 Å². The van der Waals surface area contributed by atoms with Crippen molar-refractivity contribution in [3.8, 4) is 0 Å². The van der Waals surface area contributed by atoms with Gasteiger partial charge in [-0.15, -0.1) is 10.2 Å². The van der Waals surface area contributed by atoms with Crippen LogP contribution in [0.5, 0.6) is 0 Å². The Morgan fingerprint density at radius 3 is 2.78 bits per heavy atom. The van der Waals surface area contributed by atoms with Crippen LogP contribution in [-0.2, 0) is 0 Å². The van der Waals surface area contributed by atoms with Gasteiger partial charge < -0.3 is 10.4 Å². The molecule has 1 atom stereocenters. The van der Waals surface area contributed by atoms with Crippen molar-refractivity contribution in [2.45, 2.75) is 31.8 Å². The van der Waals surface area contributed by atoms with E-state index in [-0.39, 0.29) is 5.69 Å². The molecule has 2 N–H and O–H groups in total. The maximum atomic E-state index is 10.6. The summed E-state index contributed by atoms with van der Waals surface area (Å²) in [5, 5.41) is 19.3. The monoisotopic (exact) mass is 250 g/mol. The molecule has 98 valence electrons. The summed E-state index contributed by atoms with van der Waals surface area (Å²) in [5.41, 5.74) is -0.0382. The molecule has 1 aliphatic rings. The zero-order valence-electron chi connectivity index (χ0n) is 10.6. The van der Waals surface area contributed by atoms with Gasteiger partial charge in [0.15, 0.2) is 5.69 Å². The summed E-state index contributed by atoms with van der Waals surface area (Å²) in [4.78, 5) is 13.0. The minimum Gasteiger partial charge on any atom is -0.476 e. The van der Waals surface area contributed by atoms with Crippen molar-refractivity contribution < 1.29 is 9.90 Å². The molecule has 1 aromatic rings. The van der Waals surface area contributed by atoms with E-state index in [1.165, 1.54) is 18.9 Å². The average molecular weight is 250 g/mol. The van der Waals surface area contributed by atoms with Crippen LogP contribution in [0.3, 0.4) is 0 Å². The molecule has 1 unspecified atom stereocenters. The number of carbonyl (C=O) groups is 1. The van der Waals surface area contributed by atoms with Gasteiger partial charge in [0, 0.05) is 18.6 Å². The second-order valence-electron chi connectivity index (χ2n) is 4.74. The predicted octanol–water partition coefficient (Wildman–Crippen LogP) is 1.07. The molecule has 18 heavy (non-hydrogen) atoms. The Morgan fingerprint density at radius 2 is 2.28 bits per heavy atom. The first-order valence-electron chi connectivity index (χ1n) is 6.10. The molecular weight excluding hydrogens is 232 g/mol. The third-order valence-electron chi connectivity index (χ3n) is 3.28. The quantitative estimate of drug-likeness (QED) is 0.786. The lowest BCUT2D eigenvalue weighted by Crippen LogP contribution is -2.36. The van der Waals surface area contributed by atoms with E-state index < -0.39 is 5.97 Å². The number of nitrogens with one attached hydrogen (secondary N) is 1. The summed E-state index contributed by atoms with van der Waals surface area (Å²) >= 11 is 0. The van der Waals surface area contributed by atoms with Crippen LogP contribution >= 0.6 is 0 Å². The number of aromatic carboxylic acids is 1. The zero-order valence-corrected chi connectivity index (χ0v) is 10.6. The van der Waals surface area contributed by atoms with E-state index in [9.17, 15) is 4.79 Å². The highest BCUT2D eigenvalue weighted by Crippen LogP contribution is 2.26. The molecule has 1 aliphatic carbocycles. The Balaban J connectivity index is 1.83. The number of aromatic nitrogens is 2. The van der Waals surface area contributed by atoms with Crippen molar-refractivity contribution in [2.24, 2.45) is 0 Å². The molecule has 6 heteroatoms. The number of hydrogen-bond acceptors (Lipinski definition) is 5. The Morgan fingerprint density at radius 1 is 1.56 bits per heavy atom. The van der Waals surface area contributed by atoms with Gasteiger partial charge in [0.05, 0.1) is 0 Å². The zero-order chi connectivity index (χ0) is 13.1. The molecule has 0 aromatic carbocycles. The van der Waals surface area contributed by atoms with Gasteiger partial charge in [-0.3, -0.25) is 4.90 Å². The third-order valence-corrected chi connectivity index (χ3v) is 3.28. The van der Waals surface area contributed by atoms with E-state index in [0.29, 0.717) is 11.9 Å². The second-order valence-corrected chi connectivity index (χ2v) is 4.74. The van der Waals surface area contributed by atoms with Crippen LogP contribution in [-0.4, -0.2) is 51.8 Å². The standard InChI is InChI=1S/C12H18N4O2/c1-8(16(2)9-3-4-9)7-13-11-6-5-10(12(17)18)14-15-11/h5-6,8-9H,3-4,7H2,1-2H3,(H,13,15)(H,17,18). The Bertz CT molecular complexity index is 417. The molecule has 1 saturated carbocycles. The van der Waals surface area contributed by atoms with Gasteiger partial charge in [0.25, 0.3) is 0 Å². The maximum Gasteiger partial charge on any atom is 0.356 e. The van der Waals surface area contributed by atoms with Gasteiger partial charge in [-0.25, -0.2) is 4.79 Å². The molecule has 0 bridgehead atoms. The molecule has 6 nitrogen and oxygen atoms in total. The van der Waals surface area contributed by atoms with Crippen LogP contribution in [0.25, 0.3) is 0 Å². The van der Waals surface area contributed by atoms with Crippen molar-refractivity contribution in [1.82, 2.24) is 15.1 Å². The number of hydrogen-bond donors (Lipinski definition) is 2. The van der Waals surface area contributed by atoms with E-state index in [2.05, 4.69) is 34.4 Å². The maximum absolute atomic E-state index is 10.6. The lowest BCUT2D eigenvalue weighted by atomic mass is 10.3. The first-order chi connectivity index (χ1) is 8.58. The topological polar surface area (TPSA) is 78.3 Å². The molecule has 1 heterocycles. The minimum absolute atomic E-state index is 0.0382. The molecule has 0 saturated heterocycles. The van der Waals surface area contributed by atoms with Crippen molar-refractivity contribution in [2.75, 3.05) is 18.9 Å². The van der Waals surface area contributed by atoms with Gasteiger partial charge in [-0.2, -0.15) is 0 Å². The Labute approximate surface area is 106 Å². The van der Waals surface area contributed by atoms with Gasteiger partial charge in [0.2, 0.25) is 0 Å². The fourth-order valence-electron chi connectivity index (χ4n) is 1.78. The highest BCUT2D eigenvalue weighted by atomic mass is 16.4. The largest absolute Gasteiger partial charge is 0.476 e. The molecule has 1 aromatic heterocycles. The first kappa shape index (κ1) is 12.8. The molecular formula is C12H18N4O2. The smallest absolute Gasteiger partial charge is 0.356 e. The van der Waals surface area contributed by atoms with Crippen LogP contribution in [0.15, 0.2) is 12.1 Å². The average Bonchev–Trinajstić information content (AvgIpc) is 3.19. The number of carboxylic acid groups (broad SMARTS) is 1. The Kier molecular flexibility index (Phi) is 3.76. The number of likely N-dealkylation sites (N-methyl/N-ethyl adjacent to an activating group) is 1. The summed E-state index contributed by atoms with van der Waals surface area (Å²) in [6, 6.07) is 4.23. The van der Waals surface area contributed by atoms with Crippen LogP contribution in [0.4, 0.5) is 5.82 Å². The normalized spacial score (nSPS) is 16.6. The molecule has 0 amide bonds. The van der Waals surface area contributed by atoms with Gasteiger partial charge in [-0.1, -0.05) is 0 Å². The fraction of sp³-hybridized carbons (Fsp3) is 0.583. The van der Waals surface area contributed by atoms with E-state index in [1.54, 1.807) is 6.07 Å². The van der Waals surface area contributed by atoms with E-state index in [1.807, 2.05) is 0 Å². The highest BCUT2D eigenvalue weighted by Gasteiger charge is 2.28. The molecule has 1 fully saturated rings. The van der Waals surface area contributed by atoms with Crippen LogP contribution in [0.1, 0.15) is 30.3 Å². The van der Waals surface area contributed by atoms with Gasteiger partial charge in [0.1, 0.15) is 5.82 Å². The predicted molar refractivity (Wildman–Crippen MR) is 67.7 cm³/mol. The van der Waals surface area contributed by atoms with Crippen molar-refractivity contribution in [3.63, 3.8) is 0 Å². The lowest BCUT2D eigenvalue weighted by molar-refractivity contribution is 0.0689. The number of rotatable bonds is 6. The van der Waals surface area contributed by atoms with Crippen molar-refractivity contribution in [1.29, 1.82) is 0 Å². The van der Waals surface area contributed by atoms with E-state index in [0.717, 1.165) is 12.6 Å². The molecule has 0 aliphatic heterocycles. The number of nitrogens with zero attached hydrogens (tertiary/aromatic N) is 3. The van der Waals surface area contributed by atoms with Crippen molar-refractivity contribution >= 4 is 11.8 Å². The van der Waals surface area contributed by atoms with E-state index >= 15 is 0 Å². The number of anilines is 1. The minimum atomic E-state index is -1.06. The summed E-state index contributed by atoms with van der Waals surface area (Å²) in [7, 11) is 2.13. The third kappa shape index (κ3) is 3.16. The Hall–Kier alpha value is -1.69. The number of carboxylic acids is 1. The van der Waals surface area contributed by atoms with E-state index in [4.69, 9.17) is 5.11 Å². The molecule has 0 spiro atoms.